The third kappa shape index (κ3) is 3.90. The summed E-state index contributed by atoms with van der Waals surface area (Å²) in [4.78, 5) is 10.6. The van der Waals surface area contributed by atoms with Gasteiger partial charge in [-0.3, -0.25) is 4.79 Å². The largest absolute Gasteiger partial charge is 0.491 e. The zero-order valence-electron chi connectivity index (χ0n) is 9.62. The van der Waals surface area contributed by atoms with E-state index in [0.717, 1.165) is 16.9 Å². The topological polar surface area (TPSA) is 58.6 Å². The molecule has 0 unspecified atom stereocenters. The molecule has 1 aromatic rings. The van der Waals surface area contributed by atoms with E-state index in [-0.39, 0.29) is 12.5 Å². The molecule has 2 N–H and O–H groups in total. The van der Waals surface area contributed by atoms with Crippen LogP contribution in [0.1, 0.15) is 18.1 Å². The van der Waals surface area contributed by atoms with Gasteiger partial charge in [-0.1, -0.05) is 12.1 Å². The molecule has 0 heterocycles. The minimum atomic E-state index is -0.0653. The summed E-state index contributed by atoms with van der Waals surface area (Å²) in [6.45, 7) is 4.32. The highest BCUT2D eigenvalue weighted by Crippen LogP contribution is 2.19. The molecule has 1 aromatic carbocycles. The molecule has 0 aliphatic carbocycles. The van der Waals surface area contributed by atoms with Gasteiger partial charge in [-0.2, -0.15) is 0 Å². The molecule has 0 saturated carbocycles. The van der Waals surface area contributed by atoms with Crippen LogP contribution < -0.4 is 10.1 Å². The molecule has 1 amide bonds. The summed E-state index contributed by atoms with van der Waals surface area (Å²) >= 11 is 0. The number of aryl methyl sites for hydroxylation is 1. The Kier molecular flexibility index (Phi) is 4.79. The van der Waals surface area contributed by atoms with Crippen molar-refractivity contribution in [1.29, 1.82) is 0 Å². The zero-order valence-corrected chi connectivity index (χ0v) is 9.62. The standard InChI is InChI=1S/C12H17NO3/c1-9-3-4-11(8-14)7-12(9)16-6-5-13-10(2)15/h3-4,7,14H,5-6,8H2,1-2H3,(H,13,15). The fraction of sp³-hybridized carbons (Fsp3) is 0.417. The van der Waals surface area contributed by atoms with Crippen molar-refractivity contribution in [3.8, 4) is 5.75 Å². The molecule has 1 rings (SSSR count). The first-order chi connectivity index (χ1) is 7.63. The summed E-state index contributed by atoms with van der Waals surface area (Å²) in [5.41, 5.74) is 1.83. The molecule has 0 saturated heterocycles. The summed E-state index contributed by atoms with van der Waals surface area (Å²) in [5.74, 6) is 0.682. The van der Waals surface area contributed by atoms with Gasteiger partial charge in [-0.15, -0.1) is 0 Å². The first kappa shape index (κ1) is 12.5. The van der Waals surface area contributed by atoms with E-state index in [2.05, 4.69) is 5.32 Å². The second-order valence-corrected chi connectivity index (χ2v) is 3.59. The minimum absolute atomic E-state index is 0.00232. The van der Waals surface area contributed by atoms with E-state index in [1.54, 1.807) is 0 Å². The number of hydrogen-bond donors (Lipinski definition) is 2. The molecule has 0 atom stereocenters. The average molecular weight is 223 g/mol. The lowest BCUT2D eigenvalue weighted by Gasteiger charge is -2.10. The Labute approximate surface area is 95.2 Å². The number of benzene rings is 1. The lowest BCUT2D eigenvalue weighted by molar-refractivity contribution is -0.119. The van der Waals surface area contributed by atoms with Gasteiger partial charge in [0, 0.05) is 6.92 Å². The number of nitrogens with one attached hydrogen (secondary N) is 1. The number of rotatable bonds is 5. The van der Waals surface area contributed by atoms with Crippen molar-refractivity contribution in [2.45, 2.75) is 20.5 Å². The van der Waals surface area contributed by atoms with E-state index in [0.29, 0.717) is 13.2 Å². The van der Waals surface area contributed by atoms with Crippen LogP contribution in [0.3, 0.4) is 0 Å². The molecule has 0 aliphatic rings. The van der Waals surface area contributed by atoms with Gasteiger partial charge in [0.1, 0.15) is 12.4 Å². The van der Waals surface area contributed by atoms with Crippen LogP contribution in [0.25, 0.3) is 0 Å². The van der Waals surface area contributed by atoms with Gasteiger partial charge in [-0.05, 0) is 24.1 Å². The molecule has 16 heavy (non-hydrogen) atoms. The monoisotopic (exact) mass is 223 g/mol. The van der Waals surface area contributed by atoms with Crippen molar-refractivity contribution in [1.82, 2.24) is 5.32 Å². The van der Waals surface area contributed by atoms with Crippen LogP contribution in [0.2, 0.25) is 0 Å². The first-order valence-electron chi connectivity index (χ1n) is 5.21. The Balaban J connectivity index is 2.49. The number of aliphatic hydroxyl groups is 1. The molecule has 4 nitrogen and oxygen atoms in total. The van der Waals surface area contributed by atoms with Gasteiger partial charge in [0.15, 0.2) is 0 Å². The molecular formula is C12H17NO3. The maximum atomic E-state index is 10.6. The van der Waals surface area contributed by atoms with Crippen LogP contribution in [0, 0.1) is 6.92 Å². The van der Waals surface area contributed by atoms with Crippen LogP contribution in [0.15, 0.2) is 18.2 Å². The summed E-state index contributed by atoms with van der Waals surface area (Å²) in [6, 6.07) is 5.57. The fourth-order valence-corrected chi connectivity index (χ4v) is 1.29. The van der Waals surface area contributed by atoms with Crippen LogP contribution >= 0.6 is 0 Å². The first-order valence-corrected chi connectivity index (χ1v) is 5.21. The second-order valence-electron chi connectivity index (χ2n) is 3.59. The van der Waals surface area contributed by atoms with Gasteiger partial charge in [-0.25, -0.2) is 0 Å². The van der Waals surface area contributed by atoms with Crippen molar-refractivity contribution >= 4 is 5.91 Å². The highest BCUT2D eigenvalue weighted by Gasteiger charge is 2.01. The van der Waals surface area contributed by atoms with Crippen LogP contribution in [0.4, 0.5) is 0 Å². The second kappa shape index (κ2) is 6.12. The molecular weight excluding hydrogens is 206 g/mol. The Morgan fingerprint density at radius 2 is 2.25 bits per heavy atom. The predicted octanol–water partition coefficient (Wildman–Crippen LogP) is 1.00. The van der Waals surface area contributed by atoms with E-state index in [1.807, 2.05) is 25.1 Å². The molecule has 0 aromatic heterocycles. The van der Waals surface area contributed by atoms with Gasteiger partial charge in [0.05, 0.1) is 13.2 Å². The minimum Gasteiger partial charge on any atom is -0.491 e. The molecule has 0 bridgehead atoms. The quantitative estimate of drug-likeness (QED) is 0.732. The summed E-state index contributed by atoms with van der Waals surface area (Å²) in [7, 11) is 0. The number of ether oxygens (including phenoxy) is 1. The Hall–Kier alpha value is -1.55. The molecule has 88 valence electrons. The maximum Gasteiger partial charge on any atom is 0.216 e. The van der Waals surface area contributed by atoms with Crippen molar-refractivity contribution in [2.24, 2.45) is 0 Å². The van der Waals surface area contributed by atoms with E-state index < -0.39 is 0 Å². The fourth-order valence-electron chi connectivity index (χ4n) is 1.29. The van der Waals surface area contributed by atoms with Crippen LogP contribution in [-0.4, -0.2) is 24.2 Å². The van der Waals surface area contributed by atoms with Gasteiger partial charge < -0.3 is 15.2 Å². The summed E-state index contributed by atoms with van der Waals surface area (Å²) in [6.07, 6.45) is 0. The Bertz CT molecular complexity index is 363. The molecule has 0 spiro atoms. The van der Waals surface area contributed by atoms with Gasteiger partial charge >= 0.3 is 0 Å². The molecule has 0 aliphatic heterocycles. The van der Waals surface area contributed by atoms with Crippen molar-refractivity contribution < 1.29 is 14.6 Å². The highest BCUT2D eigenvalue weighted by atomic mass is 16.5. The smallest absolute Gasteiger partial charge is 0.216 e. The van der Waals surface area contributed by atoms with Gasteiger partial charge in [0.25, 0.3) is 0 Å². The van der Waals surface area contributed by atoms with E-state index in [4.69, 9.17) is 9.84 Å². The molecule has 0 radical (unpaired) electrons. The number of aliphatic hydroxyl groups excluding tert-OH is 1. The number of carbonyl (C=O) groups is 1. The summed E-state index contributed by atoms with van der Waals surface area (Å²) < 4.78 is 5.50. The van der Waals surface area contributed by atoms with Crippen molar-refractivity contribution in [2.75, 3.05) is 13.2 Å². The normalized spacial score (nSPS) is 9.94. The molecule has 4 heteroatoms. The van der Waals surface area contributed by atoms with Crippen molar-refractivity contribution in [3.63, 3.8) is 0 Å². The third-order valence-electron chi connectivity index (χ3n) is 2.17. The van der Waals surface area contributed by atoms with Crippen LogP contribution in [-0.2, 0) is 11.4 Å². The molecule has 0 fully saturated rings. The van der Waals surface area contributed by atoms with E-state index >= 15 is 0 Å². The predicted molar refractivity (Wildman–Crippen MR) is 61.3 cm³/mol. The van der Waals surface area contributed by atoms with Gasteiger partial charge in [0.2, 0.25) is 5.91 Å². The lowest BCUT2D eigenvalue weighted by Crippen LogP contribution is -2.25. The number of hydrogen-bond acceptors (Lipinski definition) is 3. The van der Waals surface area contributed by atoms with E-state index in [9.17, 15) is 4.79 Å². The zero-order chi connectivity index (χ0) is 12.0. The van der Waals surface area contributed by atoms with E-state index in [1.165, 1.54) is 6.92 Å². The lowest BCUT2D eigenvalue weighted by atomic mass is 10.1. The number of amides is 1. The Morgan fingerprint density at radius 3 is 2.88 bits per heavy atom. The number of carbonyl (C=O) groups excluding carboxylic acids is 1. The average Bonchev–Trinajstić information content (AvgIpc) is 2.26. The summed E-state index contributed by atoms with van der Waals surface area (Å²) in [5, 5.41) is 11.6. The SMILES string of the molecule is CC(=O)NCCOc1cc(CO)ccc1C. The Morgan fingerprint density at radius 1 is 1.50 bits per heavy atom. The highest BCUT2D eigenvalue weighted by molar-refractivity contribution is 5.72. The van der Waals surface area contributed by atoms with Crippen LogP contribution in [0.5, 0.6) is 5.75 Å². The third-order valence-corrected chi connectivity index (χ3v) is 2.17. The maximum absolute atomic E-state index is 10.6. The van der Waals surface area contributed by atoms with Crippen molar-refractivity contribution in [3.05, 3.63) is 29.3 Å².